The smallest absolute Gasteiger partial charge is 0.314 e. The molecule has 0 aromatic carbocycles. The Morgan fingerprint density at radius 1 is 0.650 bits per heavy atom. The van der Waals surface area contributed by atoms with Crippen molar-refractivity contribution < 1.29 is 28.7 Å². The highest BCUT2D eigenvalue weighted by atomic mass is 16.6. The molecule has 3 fully saturated rings. The first-order valence-corrected chi connectivity index (χ1v) is 6.96. The number of esters is 4. The maximum Gasteiger partial charge on any atom is 0.314 e. The Kier molecular flexibility index (Phi) is 4.52. The van der Waals surface area contributed by atoms with Gasteiger partial charge in [-0.1, -0.05) is 12.8 Å². The van der Waals surface area contributed by atoms with Crippen LogP contribution in [0.2, 0.25) is 0 Å². The Labute approximate surface area is 116 Å². The van der Waals surface area contributed by atoms with Crippen molar-refractivity contribution in [2.45, 2.75) is 57.8 Å². The number of hydrogen-bond acceptors (Lipinski definition) is 6. The van der Waals surface area contributed by atoms with Crippen molar-refractivity contribution >= 4 is 23.9 Å². The quantitative estimate of drug-likeness (QED) is 0.496. The van der Waals surface area contributed by atoms with Crippen LogP contribution in [0, 0.1) is 5.41 Å². The molecule has 0 aromatic rings. The van der Waals surface area contributed by atoms with Crippen LogP contribution in [0.4, 0.5) is 0 Å². The fraction of sp³-hybridized carbons (Fsp3) is 0.714. The van der Waals surface area contributed by atoms with Crippen molar-refractivity contribution in [1.82, 2.24) is 0 Å². The summed E-state index contributed by atoms with van der Waals surface area (Å²) in [6, 6.07) is 0. The molecule has 6 heteroatoms. The Balaban J connectivity index is 0.000000160. The molecule has 0 N–H and O–H groups in total. The number of carbonyl (C=O) groups is 4. The van der Waals surface area contributed by atoms with Crippen LogP contribution in [0.3, 0.4) is 0 Å². The lowest BCUT2D eigenvalue weighted by atomic mass is 9.78. The first-order valence-electron chi connectivity index (χ1n) is 6.96. The molecule has 0 radical (unpaired) electrons. The summed E-state index contributed by atoms with van der Waals surface area (Å²) in [4.78, 5) is 42.4. The van der Waals surface area contributed by atoms with Gasteiger partial charge in [0, 0.05) is 12.8 Å². The van der Waals surface area contributed by atoms with E-state index in [1.165, 1.54) is 0 Å². The molecular weight excluding hydrogens is 264 g/mol. The molecule has 1 aliphatic carbocycles. The predicted octanol–water partition coefficient (Wildman–Crippen LogP) is 1.65. The van der Waals surface area contributed by atoms with Crippen LogP contribution in [-0.4, -0.2) is 23.9 Å². The topological polar surface area (TPSA) is 86.7 Å². The van der Waals surface area contributed by atoms with E-state index in [0.29, 0.717) is 32.1 Å². The molecule has 3 aliphatic rings. The van der Waals surface area contributed by atoms with Crippen molar-refractivity contribution in [2.24, 2.45) is 5.41 Å². The van der Waals surface area contributed by atoms with Crippen LogP contribution in [-0.2, 0) is 28.7 Å². The Bertz CT molecular complexity index is 401. The highest BCUT2D eigenvalue weighted by Gasteiger charge is 2.42. The van der Waals surface area contributed by atoms with Gasteiger partial charge in [0.05, 0.1) is 12.8 Å². The summed E-state index contributed by atoms with van der Waals surface area (Å²) in [5, 5.41) is 0. The van der Waals surface area contributed by atoms with Crippen LogP contribution in [0.5, 0.6) is 0 Å². The van der Waals surface area contributed by atoms with Crippen LogP contribution < -0.4 is 0 Å². The maximum atomic E-state index is 11.0. The van der Waals surface area contributed by atoms with E-state index >= 15 is 0 Å². The average Bonchev–Trinajstić information content (AvgIpc) is 2.75. The number of rotatable bonds is 0. The predicted molar refractivity (Wildman–Crippen MR) is 66.2 cm³/mol. The molecule has 6 nitrogen and oxygen atoms in total. The van der Waals surface area contributed by atoms with Crippen molar-refractivity contribution in [2.75, 3.05) is 0 Å². The summed E-state index contributed by atoms with van der Waals surface area (Å²) in [5.41, 5.74) is -0.00752. The van der Waals surface area contributed by atoms with Crippen molar-refractivity contribution in [3.8, 4) is 0 Å². The second-order valence-electron chi connectivity index (χ2n) is 5.61. The van der Waals surface area contributed by atoms with Gasteiger partial charge in [0.15, 0.2) is 0 Å². The molecule has 3 rings (SSSR count). The molecule has 2 heterocycles. The largest absolute Gasteiger partial charge is 0.393 e. The summed E-state index contributed by atoms with van der Waals surface area (Å²) < 4.78 is 8.70. The normalized spacial score (nSPS) is 24.8. The molecule has 0 bridgehead atoms. The second kappa shape index (κ2) is 6.15. The minimum atomic E-state index is -0.388. The summed E-state index contributed by atoms with van der Waals surface area (Å²) in [6.07, 6.45) is 6.70. The van der Waals surface area contributed by atoms with E-state index in [1.54, 1.807) is 0 Å². The van der Waals surface area contributed by atoms with Crippen molar-refractivity contribution in [1.29, 1.82) is 0 Å². The molecule has 0 atom stereocenters. The number of hydrogen-bond donors (Lipinski definition) is 0. The number of carbonyl (C=O) groups excluding carboxylic acids is 4. The lowest BCUT2D eigenvalue weighted by Gasteiger charge is -2.30. The molecule has 2 aliphatic heterocycles. The van der Waals surface area contributed by atoms with Gasteiger partial charge in [0.2, 0.25) is 0 Å². The summed E-state index contributed by atoms with van der Waals surface area (Å²) in [6.45, 7) is 0. The Hall–Kier alpha value is -1.72. The van der Waals surface area contributed by atoms with E-state index in [-0.39, 0.29) is 29.3 Å². The highest BCUT2D eigenvalue weighted by Crippen LogP contribution is 2.46. The van der Waals surface area contributed by atoms with Gasteiger partial charge in [-0.3, -0.25) is 19.2 Å². The van der Waals surface area contributed by atoms with Gasteiger partial charge in [0.25, 0.3) is 0 Å². The third kappa shape index (κ3) is 3.88. The lowest BCUT2D eigenvalue weighted by Crippen LogP contribution is -2.33. The molecule has 1 spiro atoms. The summed E-state index contributed by atoms with van der Waals surface area (Å²) in [7, 11) is 0. The van der Waals surface area contributed by atoms with E-state index in [9.17, 15) is 19.2 Å². The fourth-order valence-corrected chi connectivity index (χ4v) is 2.96. The van der Waals surface area contributed by atoms with Gasteiger partial charge in [-0.05, 0) is 24.7 Å². The lowest BCUT2D eigenvalue weighted by molar-refractivity contribution is -0.169. The van der Waals surface area contributed by atoms with Gasteiger partial charge in [-0.25, -0.2) is 0 Å². The van der Waals surface area contributed by atoms with Gasteiger partial charge in [0.1, 0.15) is 0 Å². The van der Waals surface area contributed by atoms with E-state index in [4.69, 9.17) is 0 Å². The third-order valence-electron chi connectivity index (χ3n) is 3.92. The zero-order valence-electron chi connectivity index (χ0n) is 11.3. The highest BCUT2D eigenvalue weighted by molar-refractivity contribution is 5.89. The van der Waals surface area contributed by atoms with Crippen LogP contribution in [0.15, 0.2) is 0 Å². The Morgan fingerprint density at radius 2 is 1.10 bits per heavy atom. The molecule has 0 aromatic heterocycles. The van der Waals surface area contributed by atoms with Crippen molar-refractivity contribution in [3.63, 3.8) is 0 Å². The van der Waals surface area contributed by atoms with E-state index in [1.807, 2.05) is 0 Å². The number of cyclic esters (lactones) is 4. The Morgan fingerprint density at radius 3 is 1.50 bits per heavy atom. The standard InChI is InChI=1S/C9H12O3.C5H6O3/c10-7-5-9(3-1-2-4-9)6-8(11)12-7;6-4-2-1-3-5(7)8-4/h1-6H2;1-3H2. The minimum Gasteiger partial charge on any atom is -0.393 e. The van der Waals surface area contributed by atoms with Gasteiger partial charge in [-0.2, -0.15) is 0 Å². The SMILES string of the molecule is O=C1CC2(CCCC2)CC(=O)O1.O=C1CCCC(=O)O1. The molecule has 20 heavy (non-hydrogen) atoms. The third-order valence-corrected chi connectivity index (χ3v) is 3.92. The fourth-order valence-electron chi connectivity index (χ4n) is 2.96. The van der Waals surface area contributed by atoms with E-state index < -0.39 is 0 Å². The average molecular weight is 282 g/mol. The first kappa shape index (κ1) is 14.7. The molecular formula is C14H18O6. The monoisotopic (exact) mass is 282 g/mol. The van der Waals surface area contributed by atoms with Crippen LogP contribution >= 0.6 is 0 Å². The summed E-state index contributed by atoms with van der Waals surface area (Å²) in [5.74, 6) is -1.43. The van der Waals surface area contributed by atoms with E-state index in [2.05, 4.69) is 9.47 Å². The molecule has 0 unspecified atom stereocenters. The molecule has 110 valence electrons. The van der Waals surface area contributed by atoms with Crippen LogP contribution in [0.25, 0.3) is 0 Å². The van der Waals surface area contributed by atoms with E-state index in [0.717, 1.165) is 25.7 Å². The van der Waals surface area contributed by atoms with Gasteiger partial charge in [-0.15, -0.1) is 0 Å². The first-order chi connectivity index (χ1) is 9.49. The van der Waals surface area contributed by atoms with Crippen LogP contribution in [0.1, 0.15) is 57.8 Å². The maximum absolute atomic E-state index is 11.0. The molecule has 0 amide bonds. The van der Waals surface area contributed by atoms with Gasteiger partial charge >= 0.3 is 23.9 Å². The van der Waals surface area contributed by atoms with Crippen molar-refractivity contribution in [3.05, 3.63) is 0 Å². The zero-order chi connectivity index (χ0) is 14.6. The zero-order valence-corrected chi connectivity index (χ0v) is 11.3. The second-order valence-corrected chi connectivity index (χ2v) is 5.61. The number of ether oxygens (including phenoxy) is 2. The molecule has 1 saturated carbocycles. The minimum absolute atomic E-state index is 0.00752. The summed E-state index contributed by atoms with van der Waals surface area (Å²) >= 11 is 0. The molecule has 2 saturated heterocycles. The van der Waals surface area contributed by atoms with Gasteiger partial charge < -0.3 is 9.47 Å².